The Bertz CT molecular complexity index is 2060. The van der Waals surface area contributed by atoms with Crippen LogP contribution >= 0.6 is 0 Å². The summed E-state index contributed by atoms with van der Waals surface area (Å²) in [6, 6.07) is 15.1. The van der Waals surface area contributed by atoms with Gasteiger partial charge in [0.2, 0.25) is 15.9 Å². The van der Waals surface area contributed by atoms with Crippen LogP contribution in [-0.2, 0) is 24.9 Å². The number of hydrogen-bond donors (Lipinski definition) is 3. The van der Waals surface area contributed by atoms with Gasteiger partial charge >= 0.3 is 0 Å². The van der Waals surface area contributed by atoms with Crippen LogP contribution in [0.15, 0.2) is 90.9 Å². The minimum atomic E-state index is -4.83. The largest absolute Gasteiger partial charge is 0.505 e. The zero-order chi connectivity index (χ0) is 33.1. The number of azo groups is 2. The van der Waals surface area contributed by atoms with Gasteiger partial charge in [0.05, 0.1) is 27.6 Å². The fourth-order valence-corrected chi connectivity index (χ4v) is 6.72. The van der Waals surface area contributed by atoms with Crippen molar-refractivity contribution < 1.29 is 31.3 Å². The molecule has 0 heterocycles. The number of aromatic hydroxyl groups is 1. The highest BCUT2D eigenvalue weighted by molar-refractivity contribution is 7.89. The molecule has 1 amide bonds. The minimum absolute atomic E-state index is 0.122. The second kappa shape index (κ2) is 13.2. The molecule has 0 aliphatic rings. The number of nitrogens with one attached hydrogen (secondary N) is 1. The number of benzene rings is 4. The van der Waals surface area contributed by atoms with Gasteiger partial charge in [-0.15, -0.1) is 5.11 Å². The molecule has 0 radical (unpaired) electrons. The maximum atomic E-state index is 12.7. The maximum absolute atomic E-state index is 12.7. The lowest BCUT2D eigenvalue weighted by Gasteiger charge is -2.18. The van der Waals surface area contributed by atoms with Crippen LogP contribution in [0.3, 0.4) is 0 Å². The van der Waals surface area contributed by atoms with E-state index in [2.05, 4.69) is 25.8 Å². The lowest BCUT2D eigenvalue weighted by atomic mass is 10.1. The molecular weight excluding hydrogens is 620 g/mol. The van der Waals surface area contributed by atoms with Gasteiger partial charge in [-0.3, -0.25) is 9.35 Å². The third-order valence-corrected chi connectivity index (χ3v) is 9.82. The Balaban J connectivity index is 1.68. The average Bonchev–Trinajstić information content (AvgIpc) is 2.97. The molecule has 4 rings (SSSR count). The molecule has 4 aromatic carbocycles. The summed E-state index contributed by atoms with van der Waals surface area (Å²) in [6.45, 7) is 9.03. The van der Waals surface area contributed by atoms with E-state index in [1.165, 1.54) is 35.5 Å². The van der Waals surface area contributed by atoms with Crippen molar-refractivity contribution in [2.45, 2.75) is 44.4 Å². The summed E-state index contributed by atoms with van der Waals surface area (Å²) >= 11 is 0. The fraction of sp³-hybridized carbons (Fsp3) is 0.233. The number of phenols is 1. The van der Waals surface area contributed by atoms with E-state index in [9.17, 15) is 31.3 Å². The Morgan fingerprint density at radius 1 is 0.844 bits per heavy atom. The van der Waals surface area contributed by atoms with Gasteiger partial charge in [-0.25, -0.2) is 8.42 Å². The predicted octanol–water partition coefficient (Wildman–Crippen LogP) is 7.23. The van der Waals surface area contributed by atoms with Crippen molar-refractivity contribution in [3.63, 3.8) is 0 Å². The van der Waals surface area contributed by atoms with Crippen molar-refractivity contribution in [3.8, 4) is 5.75 Å². The molecule has 3 N–H and O–H groups in total. The molecule has 0 bridgehead atoms. The zero-order valence-electron chi connectivity index (χ0n) is 25.2. The Labute approximate surface area is 261 Å². The van der Waals surface area contributed by atoms with E-state index < -0.39 is 42.4 Å². The number of sulfonamides is 1. The summed E-state index contributed by atoms with van der Waals surface area (Å²) in [7, 11) is -8.43. The van der Waals surface area contributed by atoms with E-state index >= 15 is 0 Å². The van der Waals surface area contributed by atoms with Gasteiger partial charge in [-0.1, -0.05) is 26.0 Å². The first-order valence-corrected chi connectivity index (χ1v) is 16.6. The minimum Gasteiger partial charge on any atom is -0.505 e. The van der Waals surface area contributed by atoms with Crippen molar-refractivity contribution in [2.75, 3.05) is 18.4 Å². The van der Waals surface area contributed by atoms with Crippen molar-refractivity contribution in [2.24, 2.45) is 20.5 Å². The number of fused-ring (bicyclic) bond motifs is 1. The molecule has 0 saturated carbocycles. The van der Waals surface area contributed by atoms with Gasteiger partial charge in [0, 0.05) is 25.4 Å². The number of nitrogens with zero attached hydrogens (tertiary/aromatic N) is 5. The molecular formula is C30H32N6O7S2. The Morgan fingerprint density at radius 2 is 1.42 bits per heavy atom. The summed E-state index contributed by atoms with van der Waals surface area (Å²) in [4.78, 5) is 11.2. The second-order valence-electron chi connectivity index (χ2n) is 10.0. The zero-order valence-corrected chi connectivity index (χ0v) is 26.8. The molecule has 45 heavy (non-hydrogen) atoms. The van der Waals surface area contributed by atoms with Crippen LogP contribution < -0.4 is 5.32 Å². The van der Waals surface area contributed by atoms with Crippen molar-refractivity contribution >= 4 is 65.3 Å². The second-order valence-corrected chi connectivity index (χ2v) is 13.4. The van der Waals surface area contributed by atoms with E-state index in [1.54, 1.807) is 58.0 Å². The topological polar surface area (TPSA) is 191 Å². The molecule has 0 aliphatic heterocycles. The average molecular weight is 653 g/mol. The molecule has 236 valence electrons. The normalized spacial score (nSPS) is 12.5. The van der Waals surface area contributed by atoms with E-state index in [0.717, 1.165) is 6.07 Å². The number of aryl methyl sites for hydroxylation is 2. The van der Waals surface area contributed by atoms with Crippen molar-refractivity contribution in [1.82, 2.24) is 4.31 Å². The first-order chi connectivity index (χ1) is 21.2. The monoisotopic (exact) mass is 652 g/mol. The highest BCUT2D eigenvalue weighted by atomic mass is 32.2. The van der Waals surface area contributed by atoms with Crippen molar-refractivity contribution in [1.29, 1.82) is 0 Å². The third kappa shape index (κ3) is 7.23. The molecule has 0 saturated heterocycles. The smallest absolute Gasteiger partial charge is 0.296 e. The molecule has 0 unspecified atom stereocenters. The maximum Gasteiger partial charge on any atom is 0.296 e. The van der Waals surface area contributed by atoms with Crippen LogP contribution in [0.1, 0.15) is 31.9 Å². The van der Waals surface area contributed by atoms with Gasteiger partial charge in [-0.05, 0) is 78.9 Å². The Kier molecular flexibility index (Phi) is 9.77. The van der Waals surface area contributed by atoms with Gasteiger partial charge in [0.1, 0.15) is 10.6 Å². The van der Waals surface area contributed by atoms with E-state index in [1.807, 2.05) is 0 Å². The molecule has 0 spiro atoms. The molecule has 0 atom stereocenters. The van der Waals surface area contributed by atoms with Crippen LogP contribution in [0.5, 0.6) is 5.75 Å². The van der Waals surface area contributed by atoms with Gasteiger partial charge < -0.3 is 10.4 Å². The Hall–Kier alpha value is -4.57. The molecule has 0 fully saturated rings. The summed E-state index contributed by atoms with van der Waals surface area (Å²) in [5.41, 5.74) is 2.22. The van der Waals surface area contributed by atoms with Crippen LogP contribution in [0, 0.1) is 13.8 Å². The van der Waals surface area contributed by atoms with Crippen LogP contribution in [-0.4, -0.2) is 49.8 Å². The number of hydrogen-bond acceptors (Lipinski definition) is 10. The lowest BCUT2D eigenvalue weighted by molar-refractivity contribution is -0.114. The van der Waals surface area contributed by atoms with E-state index in [-0.39, 0.29) is 21.4 Å². The Morgan fingerprint density at radius 3 is 1.96 bits per heavy atom. The highest BCUT2D eigenvalue weighted by Crippen LogP contribution is 2.44. The van der Waals surface area contributed by atoms with E-state index in [0.29, 0.717) is 41.3 Å². The number of carbonyl (C=O) groups is 1. The predicted molar refractivity (Wildman–Crippen MR) is 171 cm³/mol. The van der Waals surface area contributed by atoms with Crippen LogP contribution in [0.2, 0.25) is 0 Å². The molecule has 13 nitrogen and oxygen atoms in total. The van der Waals surface area contributed by atoms with Crippen molar-refractivity contribution in [3.05, 3.63) is 71.8 Å². The molecule has 0 aromatic heterocycles. The summed E-state index contributed by atoms with van der Waals surface area (Å²) in [6.07, 6.45) is 0. The number of phenolic OH excluding ortho intramolecular Hbond substituents is 1. The summed E-state index contributed by atoms with van der Waals surface area (Å²) in [5.74, 6) is -1.00. The first kappa shape index (κ1) is 33.3. The van der Waals surface area contributed by atoms with Crippen LogP contribution in [0.25, 0.3) is 10.8 Å². The number of anilines is 1. The standard InChI is InChI=1S/C30H32N6O7S2/c1-6-36(7-2)44(39,40)23-13-11-22(12-14-23)32-33-25-15-19(4)26(16-18(25)3)34-35-29-27(45(41,42)43)17-21-9-8-10-24(31-20(5)37)28(21)30(29)38/h8-17,38H,6-7H2,1-5H3,(H,31,37)(H,41,42,43). The summed E-state index contributed by atoms with van der Waals surface area (Å²) < 4.78 is 61.1. The quantitative estimate of drug-likeness (QED) is 0.119. The number of amides is 1. The SMILES string of the molecule is CCN(CC)S(=O)(=O)c1ccc(N=Nc2cc(C)c(N=Nc3c(S(=O)(=O)O)cc4cccc(NC(C)=O)c4c3O)cc2C)cc1. The lowest BCUT2D eigenvalue weighted by Crippen LogP contribution is -2.30. The fourth-order valence-electron chi connectivity index (χ4n) is 4.60. The summed E-state index contributed by atoms with van der Waals surface area (Å²) in [5, 5.41) is 30.7. The number of rotatable bonds is 10. The van der Waals surface area contributed by atoms with Gasteiger partial charge in [0.15, 0.2) is 5.75 Å². The first-order valence-electron chi connectivity index (χ1n) is 13.8. The van der Waals surface area contributed by atoms with Gasteiger partial charge in [-0.2, -0.15) is 28.1 Å². The molecule has 15 heteroatoms. The highest BCUT2D eigenvalue weighted by Gasteiger charge is 2.24. The molecule has 4 aromatic rings. The number of carbonyl (C=O) groups excluding carboxylic acids is 1. The van der Waals surface area contributed by atoms with E-state index in [4.69, 9.17) is 0 Å². The molecule has 0 aliphatic carbocycles. The van der Waals surface area contributed by atoms with Gasteiger partial charge in [0.25, 0.3) is 10.1 Å². The third-order valence-electron chi connectivity index (χ3n) is 6.89. The van der Waals surface area contributed by atoms with Crippen LogP contribution in [0.4, 0.5) is 28.4 Å².